The third-order valence-electron chi connectivity index (χ3n) is 5.40. The summed E-state index contributed by atoms with van der Waals surface area (Å²) in [5.41, 5.74) is 3.85. The fourth-order valence-corrected chi connectivity index (χ4v) is 4.90. The first-order valence-electron chi connectivity index (χ1n) is 9.70. The molecule has 144 valence electrons. The summed E-state index contributed by atoms with van der Waals surface area (Å²) in [7, 11) is 0. The number of benzene rings is 1. The maximum Gasteiger partial charge on any atom is 0.192 e. The second kappa shape index (κ2) is 6.83. The fraction of sp³-hybridized carbons (Fsp3) is 0.381. The molecule has 5 rings (SSSR count). The Hall–Kier alpha value is -2.51. The van der Waals surface area contributed by atoms with Gasteiger partial charge >= 0.3 is 0 Å². The average Bonchev–Trinajstić information content (AvgIpc) is 3.35. The monoisotopic (exact) mass is 393 g/mol. The van der Waals surface area contributed by atoms with Crippen molar-refractivity contribution in [3.63, 3.8) is 0 Å². The largest absolute Gasteiger partial charge is 0.441 e. The van der Waals surface area contributed by atoms with Gasteiger partial charge in [0.2, 0.25) is 0 Å². The van der Waals surface area contributed by atoms with Crippen LogP contribution in [-0.2, 0) is 6.54 Å². The van der Waals surface area contributed by atoms with Gasteiger partial charge in [-0.1, -0.05) is 0 Å². The van der Waals surface area contributed by atoms with Gasteiger partial charge in [-0.2, -0.15) is 0 Å². The van der Waals surface area contributed by atoms with E-state index < -0.39 is 0 Å². The van der Waals surface area contributed by atoms with Crippen molar-refractivity contribution in [1.82, 2.24) is 19.9 Å². The zero-order valence-electron chi connectivity index (χ0n) is 16.4. The Labute approximate surface area is 167 Å². The number of nitrogens with zero attached hydrogens (tertiary/aromatic N) is 4. The summed E-state index contributed by atoms with van der Waals surface area (Å²) in [4.78, 5) is 19.0. The van der Waals surface area contributed by atoms with Gasteiger partial charge < -0.3 is 9.73 Å². The molecule has 0 unspecified atom stereocenters. The van der Waals surface area contributed by atoms with Crippen molar-refractivity contribution in [2.75, 3.05) is 18.4 Å². The summed E-state index contributed by atoms with van der Waals surface area (Å²) in [6, 6.07) is 5.97. The number of thiophene rings is 1. The quantitative estimate of drug-likeness (QED) is 0.520. The summed E-state index contributed by atoms with van der Waals surface area (Å²) >= 11 is 1.74. The Bertz CT molecular complexity index is 1170. The molecule has 1 fully saturated rings. The number of aryl methyl sites for hydroxylation is 3. The highest BCUT2D eigenvalue weighted by molar-refractivity contribution is 7.18. The van der Waals surface area contributed by atoms with E-state index in [1.54, 1.807) is 11.3 Å². The lowest BCUT2D eigenvalue weighted by atomic mass is 10.2. The van der Waals surface area contributed by atoms with Crippen LogP contribution in [0.4, 0.5) is 11.5 Å². The SMILES string of the molecule is Cc1nc2cc(Nc3nc(CN4CCCC4)nc4sc(C)c(C)c34)ccc2o1. The highest BCUT2D eigenvalue weighted by atomic mass is 32.1. The number of rotatable bonds is 4. The third-order valence-corrected chi connectivity index (χ3v) is 6.50. The molecule has 4 aromatic rings. The van der Waals surface area contributed by atoms with Crippen LogP contribution in [-0.4, -0.2) is 32.9 Å². The third kappa shape index (κ3) is 3.14. The zero-order valence-corrected chi connectivity index (χ0v) is 17.2. The molecule has 0 amide bonds. The minimum Gasteiger partial charge on any atom is -0.441 e. The summed E-state index contributed by atoms with van der Waals surface area (Å²) in [5, 5.41) is 4.64. The van der Waals surface area contributed by atoms with Crippen LogP contribution >= 0.6 is 11.3 Å². The van der Waals surface area contributed by atoms with E-state index in [0.717, 1.165) is 58.3 Å². The lowest BCUT2D eigenvalue weighted by Crippen LogP contribution is -2.20. The van der Waals surface area contributed by atoms with Crippen molar-refractivity contribution < 1.29 is 4.42 Å². The molecular weight excluding hydrogens is 370 g/mol. The first-order chi connectivity index (χ1) is 13.6. The Morgan fingerprint density at radius 1 is 1.11 bits per heavy atom. The molecule has 0 spiro atoms. The second-order valence-electron chi connectivity index (χ2n) is 7.48. The van der Waals surface area contributed by atoms with Crippen LogP contribution in [0.25, 0.3) is 21.3 Å². The number of likely N-dealkylation sites (tertiary alicyclic amines) is 1. The molecule has 28 heavy (non-hydrogen) atoms. The topological polar surface area (TPSA) is 67.1 Å². The molecule has 0 aliphatic carbocycles. The minimum absolute atomic E-state index is 0.675. The first kappa shape index (κ1) is 17.6. The molecule has 4 heterocycles. The van der Waals surface area contributed by atoms with Gasteiger partial charge in [-0.05, 0) is 63.5 Å². The molecule has 1 saturated heterocycles. The second-order valence-corrected chi connectivity index (χ2v) is 8.68. The van der Waals surface area contributed by atoms with Crippen LogP contribution in [0.2, 0.25) is 0 Å². The Balaban J connectivity index is 1.56. The number of aromatic nitrogens is 3. The lowest BCUT2D eigenvalue weighted by molar-refractivity contribution is 0.323. The van der Waals surface area contributed by atoms with E-state index in [1.807, 2.05) is 25.1 Å². The summed E-state index contributed by atoms with van der Waals surface area (Å²) < 4.78 is 5.59. The van der Waals surface area contributed by atoms with E-state index in [-0.39, 0.29) is 0 Å². The Morgan fingerprint density at radius 2 is 1.93 bits per heavy atom. The molecule has 1 aliphatic rings. The highest BCUT2D eigenvalue weighted by Gasteiger charge is 2.18. The number of hydrogen-bond acceptors (Lipinski definition) is 7. The van der Waals surface area contributed by atoms with Crippen molar-refractivity contribution in [2.24, 2.45) is 0 Å². The lowest BCUT2D eigenvalue weighted by Gasteiger charge is -2.15. The molecular formula is C21H23N5OS. The zero-order chi connectivity index (χ0) is 19.3. The van der Waals surface area contributed by atoms with Crippen LogP contribution in [0.1, 0.15) is 35.0 Å². The number of hydrogen-bond donors (Lipinski definition) is 1. The van der Waals surface area contributed by atoms with Crippen molar-refractivity contribution in [3.8, 4) is 0 Å². The van der Waals surface area contributed by atoms with E-state index in [4.69, 9.17) is 14.4 Å². The summed E-state index contributed by atoms with van der Waals surface area (Å²) in [6.07, 6.45) is 2.53. The Morgan fingerprint density at radius 3 is 2.75 bits per heavy atom. The van der Waals surface area contributed by atoms with Gasteiger partial charge in [0.1, 0.15) is 22.0 Å². The van der Waals surface area contributed by atoms with Crippen LogP contribution in [0.3, 0.4) is 0 Å². The van der Waals surface area contributed by atoms with E-state index in [9.17, 15) is 0 Å². The number of nitrogens with one attached hydrogen (secondary N) is 1. The molecule has 0 radical (unpaired) electrons. The van der Waals surface area contributed by atoms with Crippen LogP contribution in [0.15, 0.2) is 22.6 Å². The van der Waals surface area contributed by atoms with Crippen molar-refractivity contribution >= 4 is 44.2 Å². The highest BCUT2D eigenvalue weighted by Crippen LogP contribution is 2.35. The normalized spacial score (nSPS) is 15.1. The van der Waals surface area contributed by atoms with E-state index >= 15 is 0 Å². The van der Waals surface area contributed by atoms with Gasteiger partial charge in [-0.25, -0.2) is 15.0 Å². The minimum atomic E-state index is 0.675. The van der Waals surface area contributed by atoms with Gasteiger partial charge in [0.05, 0.1) is 11.9 Å². The Kier molecular flexibility index (Phi) is 4.29. The van der Waals surface area contributed by atoms with Crippen molar-refractivity contribution in [2.45, 2.75) is 40.2 Å². The molecule has 0 saturated carbocycles. The summed E-state index contributed by atoms with van der Waals surface area (Å²) in [5.74, 6) is 2.44. The standard InChI is InChI=1S/C21H23N5OS/c1-12-13(2)28-21-19(12)20(24-18(25-21)11-26-8-4-5-9-26)23-15-6-7-17-16(10-15)22-14(3)27-17/h6-7,10H,4-5,8-9,11H2,1-3H3,(H,23,24,25). The maximum atomic E-state index is 5.59. The van der Waals surface area contributed by atoms with Crippen molar-refractivity contribution in [1.29, 1.82) is 0 Å². The van der Waals surface area contributed by atoms with Gasteiger partial charge in [-0.3, -0.25) is 4.90 Å². The van der Waals surface area contributed by atoms with Gasteiger partial charge in [0, 0.05) is 17.5 Å². The molecule has 1 aliphatic heterocycles. The molecule has 7 heteroatoms. The molecule has 1 aromatic carbocycles. The molecule has 0 bridgehead atoms. The molecule has 3 aromatic heterocycles. The van der Waals surface area contributed by atoms with Gasteiger partial charge in [0.25, 0.3) is 0 Å². The van der Waals surface area contributed by atoms with Gasteiger partial charge in [-0.15, -0.1) is 11.3 Å². The smallest absolute Gasteiger partial charge is 0.192 e. The van der Waals surface area contributed by atoms with Crippen molar-refractivity contribution in [3.05, 3.63) is 40.4 Å². The van der Waals surface area contributed by atoms with E-state index in [1.165, 1.54) is 23.3 Å². The fourth-order valence-electron chi connectivity index (χ4n) is 3.85. The van der Waals surface area contributed by atoms with E-state index in [2.05, 4.69) is 29.0 Å². The average molecular weight is 394 g/mol. The predicted molar refractivity (Wildman–Crippen MR) is 113 cm³/mol. The number of fused-ring (bicyclic) bond motifs is 2. The predicted octanol–water partition coefficient (Wildman–Crippen LogP) is 5.10. The van der Waals surface area contributed by atoms with Crippen LogP contribution in [0.5, 0.6) is 0 Å². The summed E-state index contributed by atoms with van der Waals surface area (Å²) in [6.45, 7) is 9.23. The number of oxazole rings is 1. The van der Waals surface area contributed by atoms with E-state index in [0.29, 0.717) is 5.89 Å². The molecule has 0 atom stereocenters. The van der Waals surface area contributed by atoms with Crippen LogP contribution < -0.4 is 5.32 Å². The van der Waals surface area contributed by atoms with Crippen LogP contribution in [0, 0.1) is 20.8 Å². The molecule has 1 N–H and O–H groups in total. The van der Waals surface area contributed by atoms with Gasteiger partial charge in [0.15, 0.2) is 11.5 Å². The molecule has 6 nitrogen and oxygen atoms in total. The maximum absolute atomic E-state index is 5.59. The first-order valence-corrected chi connectivity index (χ1v) is 10.5. The number of anilines is 2.